The number of hydrogen-bond donors (Lipinski definition) is 1. The zero-order valence-electron chi connectivity index (χ0n) is 23.2. The Morgan fingerprint density at radius 1 is 0.900 bits per heavy atom. The second kappa shape index (κ2) is 13.9. The van der Waals surface area contributed by atoms with Gasteiger partial charge in [0.25, 0.3) is 5.56 Å². The van der Waals surface area contributed by atoms with Crippen LogP contribution in [0, 0.1) is 0 Å². The first-order chi connectivity index (χ1) is 19.3. The van der Waals surface area contributed by atoms with Gasteiger partial charge in [-0.2, -0.15) is 0 Å². The molecule has 1 aliphatic heterocycles. The van der Waals surface area contributed by atoms with Crippen LogP contribution in [0.3, 0.4) is 0 Å². The highest BCUT2D eigenvalue weighted by Gasteiger charge is 2.26. The van der Waals surface area contributed by atoms with E-state index in [0.717, 1.165) is 42.3 Å². The summed E-state index contributed by atoms with van der Waals surface area (Å²) in [7, 11) is 4.77. The molecule has 1 saturated heterocycles. The molecule has 11 heteroatoms. The molecule has 0 radical (unpaired) electrons. The lowest BCUT2D eigenvalue weighted by Crippen LogP contribution is -2.48. The first-order valence-corrected chi connectivity index (χ1v) is 13.7. The maximum absolute atomic E-state index is 11.7. The van der Waals surface area contributed by atoms with Gasteiger partial charge in [0.2, 0.25) is 0 Å². The fraction of sp³-hybridized carbons (Fsp3) is 0.414. The smallest absolute Gasteiger partial charge is 0.332 e. The summed E-state index contributed by atoms with van der Waals surface area (Å²) in [5.74, 6) is 0. The number of aliphatic hydroxyl groups excluding tert-OH is 1. The molecule has 0 amide bonds. The summed E-state index contributed by atoms with van der Waals surface area (Å²) in [5.41, 5.74) is 2.77. The van der Waals surface area contributed by atoms with Crippen LogP contribution in [0.15, 0.2) is 70.5 Å². The third-order valence-corrected chi connectivity index (χ3v) is 7.43. The predicted molar refractivity (Wildman–Crippen MR) is 157 cm³/mol. The molecule has 5 rings (SSSR count). The fourth-order valence-corrected chi connectivity index (χ4v) is 5.10. The van der Waals surface area contributed by atoms with E-state index in [1.807, 2.05) is 12.1 Å². The molecule has 1 unspecified atom stereocenters. The lowest BCUT2D eigenvalue weighted by atomic mass is 9.96. The van der Waals surface area contributed by atoms with Crippen molar-refractivity contribution in [1.82, 2.24) is 28.5 Å². The van der Waals surface area contributed by atoms with Crippen LogP contribution in [0.25, 0.3) is 11.2 Å². The summed E-state index contributed by atoms with van der Waals surface area (Å²) in [4.78, 5) is 32.1. The van der Waals surface area contributed by atoms with Gasteiger partial charge in [-0.05, 0) is 23.3 Å². The lowest BCUT2D eigenvalue weighted by molar-refractivity contribution is 0.0522. The van der Waals surface area contributed by atoms with Gasteiger partial charge in [-0.1, -0.05) is 54.1 Å². The highest BCUT2D eigenvalue weighted by Crippen LogP contribution is 2.30. The maximum atomic E-state index is 11.7. The minimum atomic E-state index is -0.360. The number of aryl methyl sites for hydroxylation is 2. The van der Waals surface area contributed by atoms with Crippen molar-refractivity contribution in [3.05, 3.63) is 97.9 Å². The standard InChI is InChI=1S/C21H27ClN2O2.C8H10N4O2/c22-20-8-6-19(7-9-20)21(18-4-2-1-3-5-18)24-12-10-23(11-13-24)14-16-26-17-15-25;1-10-4-9-6-5(10)7(13)12(3)8(14)11(6)2/h1-9,21,25H,10-17H2;4H,1-3H3. The molecular weight excluding hydrogens is 532 g/mol. The summed E-state index contributed by atoms with van der Waals surface area (Å²) in [6, 6.07) is 19.1. The molecule has 1 N–H and O–H groups in total. The number of ether oxygens (including phenoxy) is 1. The molecule has 0 bridgehead atoms. The van der Waals surface area contributed by atoms with Crippen LogP contribution in [0.2, 0.25) is 5.02 Å². The Bertz CT molecular complexity index is 1490. The van der Waals surface area contributed by atoms with Gasteiger partial charge in [0, 0.05) is 58.9 Å². The second-order valence-electron chi connectivity index (χ2n) is 9.81. The van der Waals surface area contributed by atoms with Crippen molar-refractivity contribution in [2.75, 3.05) is 52.5 Å². The van der Waals surface area contributed by atoms with Gasteiger partial charge in [-0.25, -0.2) is 9.78 Å². The number of imidazole rings is 1. The topological polar surface area (TPSA) is 97.8 Å². The van der Waals surface area contributed by atoms with Gasteiger partial charge < -0.3 is 14.4 Å². The highest BCUT2D eigenvalue weighted by molar-refractivity contribution is 6.30. The summed E-state index contributed by atoms with van der Waals surface area (Å²) in [6.07, 6.45) is 1.52. The Balaban J connectivity index is 0.000000222. The van der Waals surface area contributed by atoms with E-state index in [0.29, 0.717) is 24.4 Å². The molecule has 1 aliphatic rings. The summed E-state index contributed by atoms with van der Waals surface area (Å²) < 4.78 is 9.43. The van der Waals surface area contributed by atoms with E-state index in [9.17, 15) is 9.59 Å². The zero-order chi connectivity index (χ0) is 28.6. The number of halogens is 1. The van der Waals surface area contributed by atoms with E-state index < -0.39 is 0 Å². The Hall–Kier alpha value is -3.28. The van der Waals surface area contributed by atoms with Gasteiger partial charge in [-0.15, -0.1) is 0 Å². The zero-order valence-corrected chi connectivity index (χ0v) is 24.0. The molecule has 0 saturated carbocycles. The number of rotatable bonds is 8. The van der Waals surface area contributed by atoms with E-state index in [1.54, 1.807) is 18.7 Å². The normalized spacial score (nSPS) is 15.1. The van der Waals surface area contributed by atoms with E-state index in [4.69, 9.17) is 21.4 Å². The minimum absolute atomic E-state index is 0.0909. The predicted octanol–water partition coefficient (Wildman–Crippen LogP) is 2.03. The summed E-state index contributed by atoms with van der Waals surface area (Å²) in [6.45, 7) is 6.20. The number of piperazine rings is 1. The number of fused-ring (bicyclic) bond motifs is 1. The van der Waals surface area contributed by atoms with Gasteiger partial charge in [0.1, 0.15) is 0 Å². The molecule has 2 aromatic carbocycles. The molecule has 0 aliphatic carbocycles. The molecule has 0 spiro atoms. The number of aromatic nitrogens is 4. The average Bonchev–Trinajstić information content (AvgIpc) is 3.37. The van der Waals surface area contributed by atoms with Gasteiger partial charge in [0.15, 0.2) is 11.2 Å². The maximum Gasteiger partial charge on any atom is 0.332 e. The third kappa shape index (κ3) is 6.89. The van der Waals surface area contributed by atoms with Crippen LogP contribution >= 0.6 is 11.6 Å². The molecule has 3 heterocycles. The lowest BCUT2D eigenvalue weighted by Gasteiger charge is -2.39. The monoisotopic (exact) mass is 568 g/mol. The van der Waals surface area contributed by atoms with E-state index in [1.165, 1.54) is 29.1 Å². The highest BCUT2D eigenvalue weighted by atomic mass is 35.5. The minimum Gasteiger partial charge on any atom is -0.394 e. The van der Waals surface area contributed by atoms with Gasteiger partial charge in [-0.3, -0.25) is 23.7 Å². The molecule has 10 nitrogen and oxygen atoms in total. The third-order valence-electron chi connectivity index (χ3n) is 7.18. The molecule has 1 atom stereocenters. The van der Waals surface area contributed by atoms with E-state index in [-0.39, 0.29) is 23.9 Å². The Morgan fingerprint density at radius 3 is 2.20 bits per heavy atom. The number of hydrogen-bond acceptors (Lipinski definition) is 7. The van der Waals surface area contributed by atoms with Crippen molar-refractivity contribution in [2.45, 2.75) is 6.04 Å². The van der Waals surface area contributed by atoms with Crippen molar-refractivity contribution in [2.24, 2.45) is 21.1 Å². The Morgan fingerprint density at radius 2 is 1.55 bits per heavy atom. The fourth-order valence-electron chi connectivity index (χ4n) is 4.97. The van der Waals surface area contributed by atoms with Crippen molar-refractivity contribution >= 4 is 22.8 Å². The molecule has 4 aromatic rings. The van der Waals surface area contributed by atoms with Crippen LogP contribution in [0.1, 0.15) is 17.2 Å². The number of benzene rings is 2. The second-order valence-corrected chi connectivity index (χ2v) is 10.2. The number of nitrogens with zero attached hydrogens (tertiary/aromatic N) is 6. The SMILES string of the molecule is Cn1c(=O)c2c(ncn2C)n(C)c1=O.OCCOCCN1CCN(C(c2ccccc2)c2ccc(Cl)cc2)CC1. The summed E-state index contributed by atoms with van der Waals surface area (Å²) >= 11 is 6.09. The first-order valence-electron chi connectivity index (χ1n) is 13.3. The first kappa shape index (κ1) is 29.7. The average molecular weight is 569 g/mol. The van der Waals surface area contributed by atoms with E-state index in [2.05, 4.69) is 57.2 Å². The molecule has 214 valence electrons. The van der Waals surface area contributed by atoms with Crippen molar-refractivity contribution in [3.8, 4) is 0 Å². The Kier molecular flexibility index (Phi) is 10.3. The molecule has 1 fully saturated rings. The Labute approximate surface area is 238 Å². The van der Waals surface area contributed by atoms with Crippen LogP contribution in [0.4, 0.5) is 0 Å². The van der Waals surface area contributed by atoms with Crippen molar-refractivity contribution < 1.29 is 9.84 Å². The van der Waals surface area contributed by atoms with Crippen LogP contribution < -0.4 is 11.2 Å². The van der Waals surface area contributed by atoms with Crippen molar-refractivity contribution in [1.29, 1.82) is 0 Å². The van der Waals surface area contributed by atoms with Crippen LogP contribution in [-0.2, 0) is 25.9 Å². The van der Waals surface area contributed by atoms with E-state index >= 15 is 0 Å². The summed E-state index contributed by atoms with van der Waals surface area (Å²) in [5, 5.41) is 9.55. The molecule has 40 heavy (non-hydrogen) atoms. The largest absolute Gasteiger partial charge is 0.394 e. The van der Waals surface area contributed by atoms with Crippen LogP contribution in [-0.4, -0.2) is 86.1 Å². The van der Waals surface area contributed by atoms with Crippen molar-refractivity contribution in [3.63, 3.8) is 0 Å². The molecular formula is C29H37ClN6O4. The van der Waals surface area contributed by atoms with Gasteiger partial charge >= 0.3 is 5.69 Å². The van der Waals surface area contributed by atoms with Gasteiger partial charge in [0.05, 0.1) is 32.2 Å². The quantitative estimate of drug-likeness (QED) is 0.325. The van der Waals surface area contributed by atoms with Crippen LogP contribution in [0.5, 0.6) is 0 Å². The molecule has 2 aromatic heterocycles. The number of aliphatic hydroxyl groups is 1.